The third-order valence-electron chi connectivity index (χ3n) is 4.64. The van der Waals surface area contributed by atoms with Crippen molar-refractivity contribution in [2.45, 2.75) is 6.42 Å². The Morgan fingerprint density at radius 1 is 0.871 bits per heavy atom. The summed E-state index contributed by atoms with van der Waals surface area (Å²) in [4.78, 5) is 21.9. The van der Waals surface area contributed by atoms with Crippen molar-refractivity contribution in [1.82, 2.24) is 9.97 Å². The molecule has 0 aliphatic carbocycles. The molecule has 0 unspecified atom stereocenters. The molecule has 0 atom stereocenters. The van der Waals surface area contributed by atoms with Gasteiger partial charge in [0.25, 0.3) is 0 Å². The number of nitrogens with one attached hydrogen (secondary N) is 1. The molecular weight excluding hydrogens is 406 g/mol. The lowest BCUT2D eigenvalue weighted by molar-refractivity contribution is -0.115. The number of hydrogen-bond acceptors (Lipinski definition) is 3. The molecule has 1 amide bonds. The Kier molecular flexibility index (Phi) is 6.50. The fraction of sp³-hybridized carbons (Fsp3) is 0.0385. The topological polar surface area (TPSA) is 54.9 Å². The Bertz CT molecular complexity index is 1190. The van der Waals surface area contributed by atoms with Crippen molar-refractivity contribution in [2.75, 3.05) is 5.32 Å². The monoisotopic (exact) mass is 425 g/mol. The first-order chi connectivity index (χ1) is 15.2. The number of carbonyl (C=O) groups excluding carboxylic acids is 1. The molecule has 0 saturated carbocycles. The Morgan fingerprint density at radius 2 is 1.55 bits per heavy atom. The smallest absolute Gasteiger partial charge is 0.230 e. The van der Waals surface area contributed by atoms with Gasteiger partial charge in [0.05, 0.1) is 18.3 Å². The fourth-order valence-electron chi connectivity index (χ4n) is 3.07. The quantitative estimate of drug-likeness (QED) is 0.403. The van der Waals surface area contributed by atoms with Crippen LogP contribution in [0.1, 0.15) is 16.8 Å². The summed E-state index contributed by atoms with van der Waals surface area (Å²) in [6.45, 7) is 0. The maximum atomic E-state index is 12.6. The van der Waals surface area contributed by atoms with E-state index in [1.807, 2.05) is 84.9 Å². The number of nitrogens with zero attached hydrogens (tertiary/aromatic N) is 2. The van der Waals surface area contributed by atoms with Crippen LogP contribution >= 0.6 is 11.6 Å². The molecular formula is C26H20ClN3O. The third kappa shape index (κ3) is 5.65. The summed E-state index contributed by atoms with van der Waals surface area (Å²) in [7, 11) is 0. The lowest BCUT2D eigenvalue weighted by atomic mass is 10.1. The van der Waals surface area contributed by atoms with E-state index in [0.29, 0.717) is 16.5 Å². The van der Waals surface area contributed by atoms with Gasteiger partial charge >= 0.3 is 0 Å². The minimum atomic E-state index is -0.168. The molecule has 0 aliphatic rings. The van der Waals surface area contributed by atoms with Crippen LogP contribution in [0.25, 0.3) is 23.4 Å². The van der Waals surface area contributed by atoms with Crippen molar-refractivity contribution in [3.8, 4) is 11.3 Å². The van der Waals surface area contributed by atoms with E-state index >= 15 is 0 Å². The van der Waals surface area contributed by atoms with Gasteiger partial charge in [-0.05, 0) is 29.3 Å². The average Bonchev–Trinajstić information content (AvgIpc) is 2.81. The van der Waals surface area contributed by atoms with Gasteiger partial charge in [-0.3, -0.25) is 4.79 Å². The number of halogens is 1. The highest BCUT2D eigenvalue weighted by molar-refractivity contribution is 6.30. The summed E-state index contributed by atoms with van der Waals surface area (Å²) in [6, 6.07) is 27.0. The van der Waals surface area contributed by atoms with Gasteiger partial charge in [0, 0.05) is 10.6 Å². The molecule has 1 N–H and O–H groups in total. The van der Waals surface area contributed by atoms with E-state index in [0.717, 1.165) is 22.4 Å². The van der Waals surface area contributed by atoms with Crippen molar-refractivity contribution in [1.29, 1.82) is 0 Å². The lowest BCUT2D eigenvalue weighted by Crippen LogP contribution is -2.16. The zero-order valence-corrected chi connectivity index (χ0v) is 17.5. The molecule has 4 aromatic rings. The summed E-state index contributed by atoms with van der Waals surface area (Å²) in [5.41, 5.74) is 4.20. The Morgan fingerprint density at radius 3 is 2.26 bits per heavy atom. The first kappa shape index (κ1) is 20.5. The van der Waals surface area contributed by atoms with Crippen molar-refractivity contribution in [3.63, 3.8) is 0 Å². The van der Waals surface area contributed by atoms with E-state index in [9.17, 15) is 4.79 Å². The molecule has 0 aliphatic heterocycles. The second kappa shape index (κ2) is 9.83. The van der Waals surface area contributed by atoms with Gasteiger partial charge in [0.15, 0.2) is 5.82 Å². The third-order valence-corrected chi connectivity index (χ3v) is 4.89. The number of amides is 1. The molecule has 0 spiro atoms. The molecule has 5 heteroatoms. The molecule has 3 aromatic carbocycles. The first-order valence-electron chi connectivity index (χ1n) is 9.87. The van der Waals surface area contributed by atoms with Crippen molar-refractivity contribution in [2.24, 2.45) is 0 Å². The molecule has 4 nitrogen and oxygen atoms in total. The SMILES string of the molecule is O=C(Cc1ccc(Cl)cc1)Nc1ncc(-c2ccccc2)nc1C=Cc1ccccc1. The van der Waals surface area contributed by atoms with Crippen LogP contribution in [-0.4, -0.2) is 15.9 Å². The van der Waals surface area contributed by atoms with E-state index in [-0.39, 0.29) is 12.3 Å². The number of aromatic nitrogens is 2. The summed E-state index contributed by atoms with van der Waals surface area (Å²) >= 11 is 5.92. The van der Waals surface area contributed by atoms with Gasteiger partial charge in [-0.1, -0.05) is 90.5 Å². The van der Waals surface area contributed by atoms with Crippen LogP contribution in [-0.2, 0) is 11.2 Å². The maximum Gasteiger partial charge on any atom is 0.230 e. The summed E-state index contributed by atoms with van der Waals surface area (Å²) in [5, 5.41) is 3.53. The molecule has 1 heterocycles. The second-order valence-corrected chi connectivity index (χ2v) is 7.39. The normalized spacial score (nSPS) is 10.9. The number of anilines is 1. The van der Waals surface area contributed by atoms with Crippen LogP contribution in [0.4, 0.5) is 5.82 Å². The van der Waals surface area contributed by atoms with E-state index < -0.39 is 0 Å². The highest BCUT2D eigenvalue weighted by atomic mass is 35.5. The Balaban J connectivity index is 1.61. The van der Waals surface area contributed by atoms with Gasteiger partial charge in [-0.2, -0.15) is 0 Å². The highest BCUT2D eigenvalue weighted by Gasteiger charge is 2.11. The molecule has 1 aromatic heterocycles. The summed E-state index contributed by atoms with van der Waals surface area (Å²) in [6.07, 6.45) is 5.72. The molecule has 31 heavy (non-hydrogen) atoms. The maximum absolute atomic E-state index is 12.6. The first-order valence-corrected chi connectivity index (χ1v) is 10.2. The van der Waals surface area contributed by atoms with Gasteiger partial charge in [-0.15, -0.1) is 0 Å². The van der Waals surface area contributed by atoms with Crippen LogP contribution in [0.2, 0.25) is 5.02 Å². The van der Waals surface area contributed by atoms with E-state index in [4.69, 9.17) is 16.6 Å². The fourth-order valence-corrected chi connectivity index (χ4v) is 3.19. The second-order valence-electron chi connectivity index (χ2n) is 6.95. The van der Waals surface area contributed by atoms with Gasteiger partial charge in [-0.25, -0.2) is 9.97 Å². The molecule has 0 bridgehead atoms. The Hall–Kier alpha value is -3.76. The number of hydrogen-bond donors (Lipinski definition) is 1. The van der Waals surface area contributed by atoms with Crippen LogP contribution in [0.5, 0.6) is 0 Å². The van der Waals surface area contributed by atoms with Crippen LogP contribution < -0.4 is 5.32 Å². The molecule has 152 valence electrons. The number of benzene rings is 3. The summed E-state index contributed by atoms with van der Waals surface area (Å²) < 4.78 is 0. The van der Waals surface area contributed by atoms with Crippen molar-refractivity contribution >= 4 is 35.5 Å². The number of rotatable bonds is 6. The predicted molar refractivity (Wildman–Crippen MR) is 127 cm³/mol. The minimum absolute atomic E-state index is 0.168. The van der Waals surface area contributed by atoms with Gasteiger partial charge in [0.2, 0.25) is 5.91 Å². The largest absolute Gasteiger partial charge is 0.309 e. The van der Waals surface area contributed by atoms with E-state index in [2.05, 4.69) is 10.3 Å². The lowest BCUT2D eigenvalue weighted by Gasteiger charge is -2.10. The molecule has 0 fully saturated rings. The van der Waals surface area contributed by atoms with E-state index in [1.54, 1.807) is 18.3 Å². The van der Waals surface area contributed by atoms with Crippen LogP contribution in [0.3, 0.4) is 0 Å². The average molecular weight is 426 g/mol. The highest BCUT2D eigenvalue weighted by Crippen LogP contribution is 2.21. The van der Waals surface area contributed by atoms with Crippen molar-refractivity contribution < 1.29 is 4.79 Å². The van der Waals surface area contributed by atoms with Crippen LogP contribution in [0, 0.1) is 0 Å². The van der Waals surface area contributed by atoms with Crippen LogP contribution in [0.15, 0.2) is 91.1 Å². The zero-order chi connectivity index (χ0) is 21.5. The zero-order valence-electron chi connectivity index (χ0n) is 16.7. The standard InChI is InChI=1S/C26H20ClN3O/c27-22-14-11-20(12-15-22)17-25(31)30-26-23(16-13-19-7-3-1-4-8-19)29-24(18-28-26)21-9-5-2-6-10-21/h1-16,18H,17H2,(H,28,30,31). The molecule has 0 radical (unpaired) electrons. The van der Waals surface area contributed by atoms with Crippen molar-refractivity contribution in [3.05, 3.63) is 113 Å². The predicted octanol–water partition coefficient (Wildman–Crippen LogP) is 6.15. The van der Waals surface area contributed by atoms with E-state index in [1.165, 1.54) is 0 Å². The minimum Gasteiger partial charge on any atom is -0.309 e. The summed E-state index contributed by atoms with van der Waals surface area (Å²) in [5.74, 6) is 0.254. The molecule has 0 saturated heterocycles. The Labute approximate surface area is 186 Å². The number of carbonyl (C=O) groups is 1. The molecule has 4 rings (SSSR count). The van der Waals surface area contributed by atoms with Gasteiger partial charge in [0.1, 0.15) is 5.69 Å². The van der Waals surface area contributed by atoms with Gasteiger partial charge < -0.3 is 5.32 Å².